The first-order valence-corrected chi connectivity index (χ1v) is 6.60. The molecule has 1 unspecified atom stereocenters. The molecule has 0 radical (unpaired) electrons. The third kappa shape index (κ3) is 2.76. The third-order valence-electron chi connectivity index (χ3n) is 3.59. The van der Waals surface area contributed by atoms with E-state index in [1.54, 1.807) is 30.2 Å². The van der Waals surface area contributed by atoms with Gasteiger partial charge in [0.15, 0.2) is 11.5 Å². The fraction of sp³-hybridized carbons (Fsp3) is 0.467. The molecule has 2 rings (SSSR count). The molecule has 1 aliphatic heterocycles. The van der Waals surface area contributed by atoms with E-state index in [2.05, 4.69) is 0 Å². The molecule has 20 heavy (non-hydrogen) atoms. The molecule has 1 heterocycles. The molecular weight excluding hydrogens is 258 g/mol. The summed E-state index contributed by atoms with van der Waals surface area (Å²) in [5, 5.41) is 0. The Hall–Kier alpha value is -2.04. The van der Waals surface area contributed by atoms with Gasteiger partial charge in [-0.05, 0) is 18.2 Å². The molecule has 0 bridgehead atoms. The van der Waals surface area contributed by atoms with E-state index in [-0.39, 0.29) is 17.6 Å². The molecule has 5 nitrogen and oxygen atoms in total. The smallest absolute Gasteiger partial charge is 0.254 e. The zero-order chi connectivity index (χ0) is 14.7. The molecular formula is C15H19NO4. The second-order valence-electron chi connectivity index (χ2n) is 4.94. The van der Waals surface area contributed by atoms with Crippen LogP contribution >= 0.6 is 0 Å². The summed E-state index contributed by atoms with van der Waals surface area (Å²) in [6.07, 6.45) is 0.431. The molecule has 1 atom stereocenters. The van der Waals surface area contributed by atoms with Gasteiger partial charge >= 0.3 is 0 Å². The van der Waals surface area contributed by atoms with Crippen LogP contribution in [0.3, 0.4) is 0 Å². The van der Waals surface area contributed by atoms with Crippen molar-refractivity contribution in [1.29, 1.82) is 0 Å². The lowest BCUT2D eigenvalue weighted by Crippen LogP contribution is -2.43. The van der Waals surface area contributed by atoms with E-state index in [1.165, 1.54) is 7.11 Å². The second-order valence-corrected chi connectivity index (χ2v) is 4.94. The van der Waals surface area contributed by atoms with Crippen molar-refractivity contribution in [3.05, 3.63) is 23.8 Å². The van der Waals surface area contributed by atoms with Gasteiger partial charge in [-0.2, -0.15) is 0 Å². The molecule has 0 N–H and O–H groups in total. The predicted molar refractivity (Wildman–Crippen MR) is 74.2 cm³/mol. The van der Waals surface area contributed by atoms with Gasteiger partial charge in [-0.1, -0.05) is 6.92 Å². The van der Waals surface area contributed by atoms with Gasteiger partial charge in [-0.3, -0.25) is 9.59 Å². The van der Waals surface area contributed by atoms with Crippen molar-refractivity contribution in [1.82, 2.24) is 4.90 Å². The van der Waals surface area contributed by atoms with Crippen LogP contribution < -0.4 is 9.47 Å². The van der Waals surface area contributed by atoms with Crippen molar-refractivity contribution in [2.45, 2.75) is 13.3 Å². The van der Waals surface area contributed by atoms with Crippen LogP contribution in [0.15, 0.2) is 18.2 Å². The van der Waals surface area contributed by atoms with E-state index in [4.69, 9.17) is 9.47 Å². The van der Waals surface area contributed by atoms with E-state index >= 15 is 0 Å². The number of amides is 1. The van der Waals surface area contributed by atoms with Crippen molar-refractivity contribution >= 4 is 11.7 Å². The lowest BCUT2D eigenvalue weighted by Gasteiger charge is -2.30. The van der Waals surface area contributed by atoms with Gasteiger partial charge in [-0.15, -0.1) is 0 Å². The highest BCUT2D eigenvalue weighted by molar-refractivity contribution is 5.96. The van der Waals surface area contributed by atoms with Crippen molar-refractivity contribution in [3.8, 4) is 11.5 Å². The Morgan fingerprint density at radius 2 is 1.95 bits per heavy atom. The number of ether oxygens (including phenoxy) is 2. The van der Waals surface area contributed by atoms with Crippen molar-refractivity contribution < 1.29 is 19.1 Å². The monoisotopic (exact) mass is 277 g/mol. The van der Waals surface area contributed by atoms with Crippen molar-refractivity contribution in [2.75, 3.05) is 27.3 Å². The average molecular weight is 277 g/mol. The summed E-state index contributed by atoms with van der Waals surface area (Å²) in [5.41, 5.74) is 0.546. The minimum atomic E-state index is -0.0900. The number of hydrogen-bond acceptors (Lipinski definition) is 4. The topological polar surface area (TPSA) is 55.8 Å². The summed E-state index contributed by atoms with van der Waals surface area (Å²) in [6, 6.07) is 5.09. The highest BCUT2D eigenvalue weighted by Crippen LogP contribution is 2.28. The van der Waals surface area contributed by atoms with E-state index in [0.29, 0.717) is 36.6 Å². The average Bonchev–Trinajstić information content (AvgIpc) is 2.48. The Morgan fingerprint density at radius 1 is 1.25 bits per heavy atom. The number of carbonyl (C=O) groups is 2. The third-order valence-corrected chi connectivity index (χ3v) is 3.59. The van der Waals surface area contributed by atoms with Crippen LogP contribution in [0.5, 0.6) is 11.5 Å². The summed E-state index contributed by atoms with van der Waals surface area (Å²) in [4.78, 5) is 25.7. The summed E-state index contributed by atoms with van der Waals surface area (Å²) in [7, 11) is 3.09. The van der Waals surface area contributed by atoms with E-state index < -0.39 is 0 Å². The molecule has 1 saturated heterocycles. The van der Waals surface area contributed by atoms with Crippen LogP contribution in [0.1, 0.15) is 23.7 Å². The number of hydrogen-bond donors (Lipinski definition) is 0. The van der Waals surface area contributed by atoms with Gasteiger partial charge in [0.25, 0.3) is 5.91 Å². The lowest BCUT2D eigenvalue weighted by atomic mass is 9.98. The Kier molecular flexibility index (Phi) is 4.27. The minimum Gasteiger partial charge on any atom is -0.493 e. The normalized spacial score (nSPS) is 18.9. The molecule has 1 fully saturated rings. The largest absolute Gasteiger partial charge is 0.493 e. The molecule has 1 amide bonds. The number of likely N-dealkylation sites (tertiary alicyclic amines) is 1. The summed E-state index contributed by atoms with van der Waals surface area (Å²) >= 11 is 0. The standard InChI is InChI=1S/C15H19NO4/c1-10-9-16(7-6-12(10)17)15(18)11-4-5-13(19-2)14(8-11)20-3/h4-5,8,10H,6-7,9H2,1-3H3. The maximum atomic E-state index is 12.4. The lowest BCUT2D eigenvalue weighted by molar-refractivity contribution is -0.124. The number of piperidine rings is 1. The zero-order valence-electron chi connectivity index (χ0n) is 12.0. The first-order valence-electron chi connectivity index (χ1n) is 6.60. The summed E-state index contributed by atoms with van der Waals surface area (Å²) in [6.45, 7) is 2.82. The quantitative estimate of drug-likeness (QED) is 0.844. The molecule has 0 saturated carbocycles. The Balaban J connectivity index is 2.19. The fourth-order valence-corrected chi connectivity index (χ4v) is 2.35. The zero-order valence-corrected chi connectivity index (χ0v) is 12.0. The summed E-state index contributed by atoms with van der Waals surface area (Å²) < 4.78 is 10.4. The minimum absolute atomic E-state index is 0.0784. The first-order chi connectivity index (χ1) is 9.56. The highest BCUT2D eigenvalue weighted by atomic mass is 16.5. The molecule has 1 aliphatic rings. The number of nitrogens with zero attached hydrogens (tertiary/aromatic N) is 1. The van der Waals surface area contributed by atoms with Gasteiger partial charge in [0.1, 0.15) is 5.78 Å². The highest BCUT2D eigenvalue weighted by Gasteiger charge is 2.27. The van der Waals surface area contributed by atoms with Gasteiger partial charge in [0.2, 0.25) is 0 Å². The number of methoxy groups -OCH3 is 2. The van der Waals surface area contributed by atoms with E-state index in [0.717, 1.165) is 0 Å². The van der Waals surface area contributed by atoms with Crippen LogP contribution in [0.4, 0.5) is 0 Å². The van der Waals surface area contributed by atoms with Gasteiger partial charge < -0.3 is 14.4 Å². The molecule has 0 aliphatic carbocycles. The van der Waals surface area contributed by atoms with Crippen molar-refractivity contribution in [2.24, 2.45) is 5.92 Å². The molecule has 1 aromatic carbocycles. The van der Waals surface area contributed by atoms with Crippen LogP contribution in [0.25, 0.3) is 0 Å². The number of benzene rings is 1. The second kappa shape index (κ2) is 5.94. The SMILES string of the molecule is COc1ccc(C(=O)N2CCC(=O)C(C)C2)cc1OC. The predicted octanol–water partition coefficient (Wildman–Crippen LogP) is 1.75. The molecule has 1 aromatic rings. The van der Waals surface area contributed by atoms with E-state index in [9.17, 15) is 9.59 Å². The molecule has 5 heteroatoms. The van der Waals surface area contributed by atoms with Gasteiger partial charge in [-0.25, -0.2) is 0 Å². The van der Waals surface area contributed by atoms with Gasteiger partial charge in [0, 0.05) is 31.0 Å². The molecule has 108 valence electrons. The number of rotatable bonds is 3. The van der Waals surface area contributed by atoms with Crippen molar-refractivity contribution in [3.63, 3.8) is 0 Å². The van der Waals surface area contributed by atoms with E-state index in [1.807, 2.05) is 6.92 Å². The maximum absolute atomic E-state index is 12.4. The number of carbonyl (C=O) groups excluding carboxylic acids is 2. The Morgan fingerprint density at radius 3 is 2.55 bits per heavy atom. The number of ketones is 1. The number of Topliss-reactive ketones (excluding diaryl/α,β-unsaturated/α-hetero) is 1. The molecule has 0 aromatic heterocycles. The van der Waals surface area contributed by atoms with Crippen LogP contribution in [-0.2, 0) is 4.79 Å². The Bertz CT molecular complexity index is 527. The van der Waals surface area contributed by atoms with Gasteiger partial charge in [0.05, 0.1) is 14.2 Å². The Labute approximate surface area is 118 Å². The first kappa shape index (κ1) is 14.4. The summed E-state index contributed by atoms with van der Waals surface area (Å²) in [5.74, 6) is 1.17. The maximum Gasteiger partial charge on any atom is 0.254 e. The van der Waals surface area contributed by atoms with Crippen LogP contribution in [-0.4, -0.2) is 43.9 Å². The van der Waals surface area contributed by atoms with Crippen LogP contribution in [0, 0.1) is 5.92 Å². The van der Waals surface area contributed by atoms with Crippen LogP contribution in [0.2, 0.25) is 0 Å². The molecule has 0 spiro atoms. The fourth-order valence-electron chi connectivity index (χ4n) is 2.35.